The fraction of sp³-hybridized carbons (Fsp3) is 0.591. The number of aromatic nitrogens is 3. The lowest BCUT2D eigenvalue weighted by molar-refractivity contribution is 0.229. The van der Waals surface area contributed by atoms with Crippen LogP contribution in [-0.2, 0) is 19.5 Å². The molecule has 32 heavy (non-hydrogen) atoms. The lowest BCUT2D eigenvalue weighted by atomic mass is 10.2. The normalized spacial score (nSPS) is 14.2. The Balaban J connectivity index is 0.00000363. The second-order valence-corrected chi connectivity index (χ2v) is 7.64. The fourth-order valence-electron chi connectivity index (χ4n) is 3.54. The van der Waals surface area contributed by atoms with E-state index in [1.54, 1.807) is 11.8 Å². The van der Waals surface area contributed by atoms with E-state index in [4.69, 9.17) is 9.47 Å². The van der Waals surface area contributed by atoms with Gasteiger partial charge in [-0.2, -0.15) is 5.10 Å². The number of hydrogen-bond acceptors (Lipinski definition) is 5. The van der Waals surface area contributed by atoms with Crippen LogP contribution in [0, 0.1) is 0 Å². The molecule has 178 valence electrons. The molecule has 1 atom stereocenters. The van der Waals surface area contributed by atoms with Crippen molar-refractivity contribution in [2.24, 2.45) is 4.99 Å². The predicted octanol–water partition coefficient (Wildman–Crippen LogP) is 2.42. The highest BCUT2D eigenvalue weighted by molar-refractivity contribution is 14.0. The van der Waals surface area contributed by atoms with E-state index < -0.39 is 0 Å². The third-order valence-electron chi connectivity index (χ3n) is 5.10. The molecule has 1 aliphatic heterocycles. The Labute approximate surface area is 206 Å². The topological polar surface area (TPSA) is 94.7 Å². The first kappa shape index (κ1) is 26.0. The average molecular weight is 558 g/mol. The van der Waals surface area contributed by atoms with Crippen LogP contribution in [0.1, 0.15) is 38.9 Å². The molecule has 0 saturated heterocycles. The summed E-state index contributed by atoms with van der Waals surface area (Å²) in [6, 6.07) is 7.55. The van der Waals surface area contributed by atoms with Crippen molar-refractivity contribution < 1.29 is 9.47 Å². The van der Waals surface area contributed by atoms with Crippen LogP contribution in [0.5, 0.6) is 11.5 Å². The number of hydrogen-bond donors (Lipinski definition) is 2. The molecule has 1 aromatic heterocycles. The van der Waals surface area contributed by atoms with Gasteiger partial charge in [-0.15, -0.1) is 24.0 Å². The Morgan fingerprint density at radius 3 is 2.84 bits per heavy atom. The summed E-state index contributed by atoms with van der Waals surface area (Å²) in [4.78, 5) is 17.0. The van der Waals surface area contributed by atoms with E-state index in [1.165, 1.54) is 0 Å². The molecule has 0 amide bonds. The number of benzene rings is 1. The molecule has 1 aliphatic rings. The standard InChI is InChI=1S/C22H34N6O3.HI/c1-4-23-21(25-16-17(2)31-19-10-7-9-18(15-19)30-3)24-12-8-14-28-22(29)27-13-6-5-11-20(27)26-28;/h7,9-10,15,17H,4-6,8,11-14,16H2,1-3H3,(H2,23,24,25);1H. The number of halogens is 1. The van der Waals surface area contributed by atoms with Gasteiger partial charge in [-0.3, -0.25) is 4.57 Å². The molecular formula is C22H35IN6O3. The SMILES string of the molecule is CCNC(=NCC(C)Oc1cccc(OC)c1)NCCCn1nc2n(c1=O)CCCC2.I. The monoisotopic (exact) mass is 558 g/mol. The maximum atomic E-state index is 12.4. The maximum absolute atomic E-state index is 12.4. The Morgan fingerprint density at radius 1 is 1.28 bits per heavy atom. The van der Waals surface area contributed by atoms with Gasteiger partial charge in [-0.25, -0.2) is 14.5 Å². The van der Waals surface area contributed by atoms with E-state index in [1.807, 2.05) is 42.7 Å². The highest BCUT2D eigenvalue weighted by Gasteiger charge is 2.16. The number of ether oxygens (including phenoxy) is 2. The summed E-state index contributed by atoms with van der Waals surface area (Å²) in [5, 5.41) is 11.1. The van der Waals surface area contributed by atoms with Gasteiger partial charge in [0.25, 0.3) is 0 Å². The largest absolute Gasteiger partial charge is 0.497 e. The van der Waals surface area contributed by atoms with Crippen molar-refractivity contribution in [3.63, 3.8) is 0 Å². The van der Waals surface area contributed by atoms with E-state index in [0.717, 1.165) is 62.1 Å². The summed E-state index contributed by atoms with van der Waals surface area (Å²) in [5.74, 6) is 3.18. The number of aryl methyl sites for hydroxylation is 2. The van der Waals surface area contributed by atoms with Crippen LogP contribution in [0.25, 0.3) is 0 Å². The highest BCUT2D eigenvalue weighted by atomic mass is 127. The van der Waals surface area contributed by atoms with Gasteiger partial charge in [0.05, 0.1) is 13.7 Å². The lowest BCUT2D eigenvalue weighted by Gasteiger charge is -2.15. The number of fused-ring (bicyclic) bond motifs is 1. The van der Waals surface area contributed by atoms with Crippen LogP contribution in [0.2, 0.25) is 0 Å². The van der Waals surface area contributed by atoms with Gasteiger partial charge in [0, 0.05) is 38.7 Å². The minimum Gasteiger partial charge on any atom is -0.497 e. The van der Waals surface area contributed by atoms with E-state index in [-0.39, 0.29) is 35.8 Å². The molecule has 2 heterocycles. The van der Waals surface area contributed by atoms with Gasteiger partial charge >= 0.3 is 5.69 Å². The molecule has 0 fully saturated rings. The molecule has 1 unspecified atom stereocenters. The van der Waals surface area contributed by atoms with Crippen LogP contribution < -0.4 is 25.8 Å². The second-order valence-electron chi connectivity index (χ2n) is 7.64. The van der Waals surface area contributed by atoms with Gasteiger partial charge < -0.3 is 20.1 Å². The molecule has 9 nitrogen and oxygen atoms in total. The number of aliphatic imine (C=N–C) groups is 1. The van der Waals surface area contributed by atoms with Gasteiger partial charge in [-0.1, -0.05) is 6.07 Å². The van der Waals surface area contributed by atoms with Crippen molar-refractivity contribution in [3.8, 4) is 11.5 Å². The Morgan fingerprint density at radius 2 is 2.09 bits per heavy atom. The summed E-state index contributed by atoms with van der Waals surface area (Å²) in [5.41, 5.74) is 0.0128. The summed E-state index contributed by atoms with van der Waals surface area (Å²) in [7, 11) is 1.64. The Bertz CT molecular complexity index is 927. The first-order chi connectivity index (χ1) is 15.1. The lowest BCUT2D eigenvalue weighted by Crippen LogP contribution is -2.39. The summed E-state index contributed by atoms with van der Waals surface area (Å²) in [6.07, 6.45) is 3.77. The summed E-state index contributed by atoms with van der Waals surface area (Å²) in [6.45, 7) is 7.39. The van der Waals surface area contributed by atoms with Gasteiger partial charge in [-0.05, 0) is 45.2 Å². The first-order valence-electron chi connectivity index (χ1n) is 11.1. The smallest absolute Gasteiger partial charge is 0.345 e. The maximum Gasteiger partial charge on any atom is 0.345 e. The second kappa shape index (κ2) is 13.3. The van der Waals surface area contributed by atoms with Crippen molar-refractivity contribution in [1.82, 2.24) is 25.0 Å². The molecule has 0 radical (unpaired) electrons. The van der Waals surface area contributed by atoms with Crippen LogP contribution in [0.3, 0.4) is 0 Å². The molecule has 1 aromatic carbocycles. The minimum atomic E-state index is -0.0852. The molecule has 0 aliphatic carbocycles. The van der Waals surface area contributed by atoms with Gasteiger partial charge in [0.1, 0.15) is 23.4 Å². The minimum absolute atomic E-state index is 0. The van der Waals surface area contributed by atoms with Crippen molar-refractivity contribution in [1.29, 1.82) is 0 Å². The zero-order valence-corrected chi connectivity index (χ0v) is 21.5. The summed E-state index contributed by atoms with van der Waals surface area (Å²) >= 11 is 0. The molecule has 0 spiro atoms. The molecule has 2 N–H and O–H groups in total. The zero-order chi connectivity index (χ0) is 22.1. The highest BCUT2D eigenvalue weighted by Crippen LogP contribution is 2.19. The van der Waals surface area contributed by atoms with E-state index in [9.17, 15) is 4.79 Å². The van der Waals surface area contributed by atoms with E-state index >= 15 is 0 Å². The molecule has 0 bridgehead atoms. The van der Waals surface area contributed by atoms with Crippen LogP contribution in [0.15, 0.2) is 34.1 Å². The molecular weight excluding hydrogens is 523 g/mol. The molecule has 10 heteroatoms. The molecule has 3 rings (SSSR count). The first-order valence-corrected chi connectivity index (χ1v) is 11.1. The third-order valence-corrected chi connectivity index (χ3v) is 5.10. The summed E-state index contributed by atoms with van der Waals surface area (Å²) < 4.78 is 14.6. The van der Waals surface area contributed by atoms with Gasteiger partial charge in [0.2, 0.25) is 0 Å². The number of nitrogens with zero attached hydrogens (tertiary/aromatic N) is 4. The quantitative estimate of drug-likeness (QED) is 0.202. The number of rotatable bonds is 10. The number of methoxy groups -OCH3 is 1. The number of nitrogens with one attached hydrogen (secondary N) is 2. The third kappa shape index (κ3) is 7.42. The predicted molar refractivity (Wildman–Crippen MR) is 137 cm³/mol. The van der Waals surface area contributed by atoms with Gasteiger partial charge in [0.15, 0.2) is 5.96 Å². The van der Waals surface area contributed by atoms with Crippen LogP contribution >= 0.6 is 24.0 Å². The van der Waals surface area contributed by atoms with Crippen molar-refractivity contribution >= 4 is 29.9 Å². The van der Waals surface area contributed by atoms with E-state index in [2.05, 4.69) is 20.7 Å². The Hall–Kier alpha value is -2.24. The zero-order valence-electron chi connectivity index (χ0n) is 19.2. The number of guanidine groups is 1. The Kier molecular flexibility index (Phi) is 10.8. The van der Waals surface area contributed by atoms with E-state index in [0.29, 0.717) is 19.6 Å². The van der Waals surface area contributed by atoms with Crippen molar-refractivity contribution in [3.05, 3.63) is 40.6 Å². The van der Waals surface area contributed by atoms with Crippen molar-refractivity contribution in [2.45, 2.75) is 58.7 Å². The molecule has 2 aromatic rings. The fourth-order valence-corrected chi connectivity index (χ4v) is 3.54. The van der Waals surface area contributed by atoms with Crippen molar-refractivity contribution in [2.75, 3.05) is 26.7 Å². The van der Waals surface area contributed by atoms with Crippen LogP contribution in [0.4, 0.5) is 0 Å². The molecule has 0 saturated carbocycles. The van der Waals surface area contributed by atoms with Crippen LogP contribution in [-0.4, -0.2) is 53.2 Å². The average Bonchev–Trinajstić information content (AvgIpc) is 3.10.